The standard InChI is InChI=1S/C16H32N4/c1-7-12-20-13-11-18-15(20)14(17-10-4)16(8-2,9-3)19(5)6/h11,13-14,17H,7-10,12H2,1-6H3. The van der Waals surface area contributed by atoms with Gasteiger partial charge in [-0.15, -0.1) is 0 Å². The highest BCUT2D eigenvalue weighted by Gasteiger charge is 2.40. The first-order valence-electron chi connectivity index (χ1n) is 7.99. The Bertz CT molecular complexity index is 380. The number of nitrogens with zero attached hydrogens (tertiary/aromatic N) is 3. The molecule has 20 heavy (non-hydrogen) atoms. The van der Waals surface area contributed by atoms with Crippen molar-refractivity contribution < 1.29 is 0 Å². The average Bonchev–Trinajstić information content (AvgIpc) is 2.87. The third-order valence-electron chi connectivity index (χ3n) is 4.53. The van der Waals surface area contributed by atoms with Crippen LogP contribution in [0.1, 0.15) is 58.8 Å². The van der Waals surface area contributed by atoms with Crippen LogP contribution >= 0.6 is 0 Å². The molecule has 1 aromatic rings. The van der Waals surface area contributed by atoms with Gasteiger partial charge in [0.2, 0.25) is 0 Å². The maximum atomic E-state index is 4.67. The topological polar surface area (TPSA) is 33.1 Å². The van der Waals surface area contributed by atoms with E-state index in [2.05, 4.69) is 67.8 Å². The zero-order valence-corrected chi connectivity index (χ0v) is 14.1. The van der Waals surface area contributed by atoms with Crippen LogP contribution in [-0.2, 0) is 6.54 Å². The van der Waals surface area contributed by atoms with Crippen molar-refractivity contribution in [3.05, 3.63) is 18.2 Å². The molecule has 4 heteroatoms. The van der Waals surface area contributed by atoms with E-state index < -0.39 is 0 Å². The summed E-state index contributed by atoms with van der Waals surface area (Å²) in [6.45, 7) is 10.9. The molecule has 0 radical (unpaired) electrons. The predicted molar refractivity (Wildman–Crippen MR) is 85.9 cm³/mol. The molecule has 0 bridgehead atoms. The van der Waals surface area contributed by atoms with Crippen LogP contribution in [0.2, 0.25) is 0 Å². The van der Waals surface area contributed by atoms with Gasteiger partial charge in [-0.3, -0.25) is 0 Å². The Morgan fingerprint density at radius 2 is 1.90 bits per heavy atom. The molecule has 1 heterocycles. The minimum absolute atomic E-state index is 0.104. The van der Waals surface area contributed by atoms with Crippen LogP contribution in [0.5, 0.6) is 0 Å². The second-order valence-electron chi connectivity index (χ2n) is 5.67. The lowest BCUT2D eigenvalue weighted by molar-refractivity contribution is 0.0832. The fourth-order valence-electron chi connectivity index (χ4n) is 3.29. The molecule has 0 aromatic carbocycles. The third kappa shape index (κ3) is 3.23. The van der Waals surface area contributed by atoms with E-state index in [0.29, 0.717) is 0 Å². The van der Waals surface area contributed by atoms with Crippen LogP contribution in [0.3, 0.4) is 0 Å². The second kappa shape index (κ2) is 7.79. The van der Waals surface area contributed by atoms with Gasteiger partial charge in [0.25, 0.3) is 0 Å². The third-order valence-corrected chi connectivity index (χ3v) is 4.53. The van der Waals surface area contributed by atoms with Crippen LogP contribution < -0.4 is 5.32 Å². The molecule has 0 fully saturated rings. The number of hydrogen-bond donors (Lipinski definition) is 1. The molecule has 0 saturated carbocycles. The van der Waals surface area contributed by atoms with Gasteiger partial charge in [0, 0.05) is 24.5 Å². The summed E-state index contributed by atoms with van der Waals surface area (Å²) < 4.78 is 2.30. The van der Waals surface area contributed by atoms with E-state index in [9.17, 15) is 0 Å². The Kier molecular flexibility index (Phi) is 6.69. The van der Waals surface area contributed by atoms with Gasteiger partial charge in [0.15, 0.2) is 0 Å². The Hall–Kier alpha value is -0.870. The number of likely N-dealkylation sites (N-methyl/N-ethyl adjacent to an activating group) is 2. The highest BCUT2D eigenvalue weighted by atomic mass is 15.2. The van der Waals surface area contributed by atoms with Crippen molar-refractivity contribution in [2.75, 3.05) is 20.6 Å². The van der Waals surface area contributed by atoms with Gasteiger partial charge in [-0.2, -0.15) is 0 Å². The number of hydrogen-bond acceptors (Lipinski definition) is 3. The van der Waals surface area contributed by atoms with Crippen molar-refractivity contribution in [1.82, 2.24) is 19.8 Å². The first-order chi connectivity index (χ1) is 9.57. The Balaban J connectivity index is 3.23. The highest BCUT2D eigenvalue weighted by Crippen LogP contribution is 2.35. The molecule has 0 aliphatic rings. The minimum Gasteiger partial charge on any atom is -0.334 e. The zero-order chi connectivity index (χ0) is 15.2. The summed E-state index contributed by atoms with van der Waals surface area (Å²) in [5, 5.41) is 3.68. The van der Waals surface area contributed by atoms with Crippen molar-refractivity contribution in [1.29, 1.82) is 0 Å². The molecule has 1 rings (SSSR count). The van der Waals surface area contributed by atoms with Crippen molar-refractivity contribution >= 4 is 0 Å². The fraction of sp³-hybridized carbons (Fsp3) is 0.812. The molecule has 1 N–H and O–H groups in total. The van der Waals surface area contributed by atoms with E-state index in [4.69, 9.17) is 0 Å². The molecule has 1 aromatic heterocycles. The van der Waals surface area contributed by atoms with Crippen molar-refractivity contribution in [2.45, 2.75) is 65.1 Å². The minimum atomic E-state index is 0.104. The molecule has 0 aliphatic heterocycles. The molecule has 1 unspecified atom stereocenters. The van der Waals surface area contributed by atoms with Crippen LogP contribution in [0, 0.1) is 0 Å². The normalized spacial score (nSPS) is 13.9. The summed E-state index contributed by atoms with van der Waals surface area (Å²) in [5.41, 5.74) is 0.104. The van der Waals surface area contributed by atoms with Gasteiger partial charge in [0.1, 0.15) is 5.82 Å². The molecule has 0 saturated heterocycles. The van der Waals surface area contributed by atoms with Crippen LogP contribution in [0.25, 0.3) is 0 Å². The Labute approximate surface area is 124 Å². The highest BCUT2D eigenvalue weighted by molar-refractivity contribution is 5.10. The summed E-state index contributed by atoms with van der Waals surface area (Å²) in [4.78, 5) is 7.04. The molecule has 4 nitrogen and oxygen atoms in total. The quantitative estimate of drug-likeness (QED) is 0.754. The molecule has 116 valence electrons. The van der Waals surface area contributed by atoms with Gasteiger partial charge in [-0.25, -0.2) is 4.98 Å². The van der Waals surface area contributed by atoms with E-state index in [0.717, 1.165) is 32.4 Å². The maximum absolute atomic E-state index is 4.67. The van der Waals surface area contributed by atoms with Gasteiger partial charge in [-0.1, -0.05) is 27.7 Å². The van der Waals surface area contributed by atoms with Crippen LogP contribution in [-0.4, -0.2) is 40.6 Å². The van der Waals surface area contributed by atoms with Crippen LogP contribution in [0.4, 0.5) is 0 Å². The van der Waals surface area contributed by atoms with Gasteiger partial charge < -0.3 is 14.8 Å². The van der Waals surface area contributed by atoms with E-state index in [1.165, 1.54) is 5.82 Å². The largest absolute Gasteiger partial charge is 0.334 e. The van der Waals surface area contributed by atoms with Gasteiger partial charge in [0.05, 0.1) is 6.04 Å². The van der Waals surface area contributed by atoms with Crippen molar-refractivity contribution in [3.8, 4) is 0 Å². The molecule has 0 spiro atoms. The molecule has 1 atom stereocenters. The summed E-state index contributed by atoms with van der Waals surface area (Å²) in [7, 11) is 4.37. The first-order valence-corrected chi connectivity index (χ1v) is 7.99. The number of aryl methyl sites for hydroxylation is 1. The molecular formula is C16H32N4. The van der Waals surface area contributed by atoms with Crippen LogP contribution in [0.15, 0.2) is 12.4 Å². The Morgan fingerprint density at radius 3 is 2.35 bits per heavy atom. The van der Waals surface area contributed by atoms with Gasteiger partial charge in [-0.05, 0) is 39.9 Å². The summed E-state index contributed by atoms with van der Waals surface area (Å²) >= 11 is 0. The molecule has 0 aliphatic carbocycles. The predicted octanol–water partition coefficient (Wildman–Crippen LogP) is 3.06. The number of rotatable bonds is 9. The molecule has 0 amide bonds. The Morgan fingerprint density at radius 1 is 1.25 bits per heavy atom. The molecular weight excluding hydrogens is 248 g/mol. The summed E-state index contributed by atoms with van der Waals surface area (Å²) in [6, 6.07) is 0.263. The van der Waals surface area contributed by atoms with E-state index in [-0.39, 0.29) is 11.6 Å². The summed E-state index contributed by atoms with van der Waals surface area (Å²) in [5.74, 6) is 1.17. The number of aromatic nitrogens is 2. The summed E-state index contributed by atoms with van der Waals surface area (Å²) in [6.07, 6.45) is 7.38. The first kappa shape index (κ1) is 17.2. The fourth-order valence-corrected chi connectivity index (χ4v) is 3.29. The number of nitrogens with one attached hydrogen (secondary N) is 1. The lowest BCUT2D eigenvalue weighted by Gasteiger charge is -2.45. The SMILES string of the molecule is CCCn1ccnc1C(NCC)C(CC)(CC)N(C)C. The van der Waals surface area contributed by atoms with Crippen molar-refractivity contribution in [3.63, 3.8) is 0 Å². The second-order valence-corrected chi connectivity index (χ2v) is 5.67. The monoisotopic (exact) mass is 280 g/mol. The zero-order valence-electron chi connectivity index (χ0n) is 14.1. The lowest BCUT2D eigenvalue weighted by atomic mass is 9.82. The van der Waals surface area contributed by atoms with E-state index in [1.54, 1.807) is 0 Å². The van der Waals surface area contributed by atoms with E-state index >= 15 is 0 Å². The maximum Gasteiger partial charge on any atom is 0.127 e. The lowest BCUT2D eigenvalue weighted by Crippen LogP contribution is -2.53. The average molecular weight is 280 g/mol. The van der Waals surface area contributed by atoms with Crippen molar-refractivity contribution in [2.24, 2.45) is 0 Å². The van der Waals surface area contributed by atoms with E-state index in [1.807, 2.05) is 6.20 Å². The van der Waals surface area contributed by atoms with Gasteiger partial charge >= 0.3 is 0 Å². The smallest absolute Gasteiger partial charge is 0.127 e. The number of imidazole rings is 1.